The molecule has 0 unspecified atom stereocenters. The van der Waals surface area contributed by atoms with Crippen molar-refractivity contribution in [2.45, 2.75) is 20.3 Å². The van der Waals surface area contributed by atoms with E-state index in [9.17, 15) is 0 Å². The molecule has 0 spiro atoms. The maximum absolute atomic E-state index is 5.32. The molecule has 0 aliphatic carbocycles. The molecule has 0 saturated carbocycles. The third-order valence-corrected chi connectivity index (χ3v) is 3.82. The number of alkyl halides is 1. The van der Waals surface area contributed by atoms with Crippen molar-refractivity contribution in [2.75, 3.05) is 18.5 Å². The molecular formula is C8H15BrO. The van der Waals surface area contributed by atoms with Crippen molar-refractivity contribution in [1.29, 1.82) is 0 Å². The van der Waals surface area contributed by atoms with Crippen LogP contribution in [0.4, 0.5) is 0 Å². The number of rotatable bonds is 2. The Morgan fingerprint density at radius 1 is 1.60 bits per heavy atom. The molecule has 0 aromatic heterocycles. The van der Waals surface area contributed by atoms with Crippen molar-refractivity contribution < 1.29 is 4.74 Å². The molecule has 1 nitrogen and oxygen atoms in total. The molecule has 1 aliphatic rings. The summed E-state index contributed by atoms with van der Waals surface area (Å²) in [7, 11) is 0. The summed E-state index contributed by atoms with van der Waals surface area (Å²) in [6, 6.07) is 0. The van der Waals surface area contributed by atoms with E-state index in [0.717, 1.165) is 24.5 Å². The Hall–Kier alpha value is 0.440. The highest BCUT2D eigenvalue weighted by Gasteiger charge is 2.31. The fraction of sp³-hybridized carbons (Fsp3) is 1.00. The molecule has 1 fully saturated rings. The molecule has 60 valence electrons. The van der Waals surface area contributed by atoms with Gasteiger partial charge >= 0.3 is 0 Å². The molecule has 1 heterocycles. The molecule has 1 saturated heterocycles. The molecule has 10 heavy (non-hydrogen) atoms. The lowest BCUT2D eigenvalue weighted by Gasteiger charge is -2.27. The molecule has 0 aromatic carbocycles. The molecule has 1 aliphatic heterocycles. The highest BCUT2D eigenvalue weighted by molar-refractivity contribution is 9.09. The van der Waals surface area contributed by atoms with Gasteiger partial charge < -0.3 is 4.74 Å². The van der Waals surface area contributed by atoms with Crippen LogP contribution in [0.3, 0.4) is 0 Å². The van der Waals surface area contributed by atoms with E-state index < -0.39 is 0 Å². The van der Waals surface area contributed by atoms with Crippen LogP contribution in [-0.2, 0) is 4.74 Å². The smallest absolute Gasteiger partial charge is 0.0500 e. The van der Waals surface area contributed by atoms with E-state index in [2.05, 4.69) is 29.8 Å². The van der Waals surface area contributed by atoms with Gasteiger partial charge in [0.15, 0.2) is 0 Å². The Morgan fingerprint density at radius 2 is 2.30 bits per heavy atom. The molecule has 1 rings (SSSR count). The van der Waals surface area contributed by atoms with Gasteiger partial charge in [0.05, 0.1) is 6.61 Å². The van der Waals surface area contributed by atoms with Crippen LogP contribution in [-0.4, -0.2) is 18.5 Å². The van der Waals surface area contributed by atoms with E-state index in [0.29, 0.717) is 5.41 Å². The molecular weight excluding hydrogens is 192 g/mol. The third kappa shape index (κ3) is 1.73. The Bertz CT molecular complexity index is 106. The van der Waals surface area contributed by atoms with Crippen molar-refractivity contribution in [3.05, 3.63) is 0 Å². The lowest BCUT2D eigenvalue weighted by molar-refractivity contribution is 0.154. The first-order valence-corrected chi connectivity index (χ1v) is 4.92. The fourth-order valence-corrected chi connectivity index (χ4v) is 1.72. The average molecular weight is 207 g/mol. The molecule has 0 bridgehead atoms. The zero-order chi connectivity index (χ0) is 7.61. The summed E-state index contributed by atoms with van der Waals surface area (Å²) in [6.45, 7) is 6.50. The second-order valence-corrected chi connectivity index (χ2v) is 4.24. The minimum atomic E-state index is 0.413. The highest BCUT2D eigenvalue weighted by Crippen LogP contribution is 2.34. The van der Waals surface area contributed by atoms with Gasteiger partial charge in [0.2, 0.25) is 0 Å². The standard InChI is InChI=1S/C8H15BrO/c1-8(2,6-9)7-3-4-10-5-7/h7H,3-6H2,1-2H3/t7-/m0/s1. The number of hydrogen-bond acceptors (Lipinski definition) is 1. The van der Waals surface area contributed by atoms with Gasteiger partial charge in [0.1, 0.15) is 0 Å². The van der Waals surface area contributed by atoms with Gasteiger partial charge in [-0.2, -0.15) is 0 Å². The van der Waals surface area contributed by atoms with Gasteiger partial charge in [-0.3, -0.25) is 0 Å². The molecule has 0 amide bonds. The van der Waals surface area contributed by atoms with Crippen LogP contribution in [0.15, 0.2) is 0 Å². The Morgan fingerprint density at radius 3 is 2.70 bits per heavy atom. The highest BCUT2D eigenvalue weighted by atomic mass is 79.9. The second-order valence-electron chi connectivity index (χ2n) is 3.68. The van der Waals surface area contributed by atoms with Gasteiger partial charge in [0, 0.05) is 11.9 Å². The summed E-state index contributed by atoms with van der Waals surface area (Å²) in [5, 5.41) is 1.08. The van der Waals surface area contributed by atoms with E-state index in [1.807, 2.05) is 0 Å². The van der Waals surface area contributed by atoms with Crippen LogP contribution in [0.2, 0.25) is 0 Å². The average Bonchev–Trinajstić information content (AvgIpc) is 2.38. The van der Waals surface area contributed by atoms with E-state index in [-0.39, 0.29) is 0 Å². The van der Waals surface area contributed by atoms with Crippen LogP contribution >= 0.6 is 15.9 Å². The Kier molecular flexibility index (Phi) is 2.75. The van der Waals surface area contributed by atoms with Gasteiger partial charge in [-0.05, 0) is 17.8 Å². The van der Waals surface area contributed by atoms with E-state index >= 15 is 0 Å². The van der Waals surface area contributed by atoms with Crippen molar-refractivity contribution >= 4 is 15.9 Å². The van der Waals surface area contributed by atoms with E-state index in [4.69, 9.17) is 4.74 Å². The van der Waals surface area contributed by atoms with E-state index in [1.165, 1.54) is 6.42 Å². The van der Waals surface area contributed by atoms with Crippen molar-refractivity contribution in [3.63, 3.8) is 0 Å². The summed E-state index contributed by atoms with van der Waals surface area (Å²) in [6.07, 6.45) is 1.23. The van der Waals surface area contributed by atoms with Gasteiger partial charge in [0.25, 0.3) is 0 Å². The lowest BCUT2D eigenvalue weighted by atomic mass is 9.80. The molecule has 0 aromatic rings. The predicted octanol–water partition coefficient (Wildman–Crippen LogP) is 2.44. The van der Waals surface area contributed by atoms with Gasteiger partial charge in [-0.25, -0.2) is 0 Å². The third-order valence-electron chi connectivity index (χ3n) is 2.38. The van der Waals surface area contributed by atoms with Crippen LogP contribution < -0.4 is 0 Å². The summed E-state index contributed by atoms with van der Waals surface area (Å²) >= 11 is 3.53. The van der Waals surface area contributed by atoms with Crippen molar-refractivity contribution in [3.8, 4) is 0 Å². The first-order valence-electron chi connectivity index (χ1n) is 3.80. The number of hydrogen-bond donors (Lipinski definition) is 0. The van der Waals surface area contributed by atoms with Gasteiger partial charge in [-0.1, -0.05) is 29.8 Å². The maximum Gasteiger partial charge on any atom is 0.0500 e. The zero-order valence-electron chi connectivity index (χ0n) is 6.69. The second kappa shape index (κ2) is 3.22. The zero-order valence-corrected chi connectivity index (χ0v) is 8.28. The maximum atomic E-state index is 5.32. The Labute approximate surface area is 71.3 Å². The summed E-state index contributed by atoms with van der Waals surface area (Å²) in [5.74, 6) is 0.756. The molecule has 0 radical (unpaired) electrons. The summed E-state index contributed by atoms with van der Waals surface area (Å²) < 4.78 is 5.32. The van der Waals surface area contributed by atoms with Crippen LogP contribution in [0.1, 0.15) is 20.3 Å². The monoisotopic (exact) mass is 206 g/mol. The largest absolute Gasteiger partial charge is 0.381 e. The van der Waals surface area contributed by atoms with E-state index in [1.54, 1.807) is 0 Å². The minimum Gasteiger partial charge on any atom is -0.381 e. The normalized spacial score (nSPS) is 27.3. The minimum absolute atomic E-state index is 0.413. The van der Waals surface area contributed by atoms with Crippen LogP contribution in [0, 0.1) is 11.3 Å². The van der Waals surface area contributed by atoms with Crippen LogP contribution in [0.25, 0.3) is 0 Å². The van der Waals surface area contributed by atoms with Crippen LogP contribution in [0.5, 0.6) is 0 Å². The molecule has 0 N–H and O–H groups in total. The number of halogens is 1. The SMILES string of the molecule is CC(C)(CBr)[C@H]1CCOC1. The number of ether oxygens (including phenoxy) is 1. The topological polar surface area (TPSA) is 9.23 Å². The van der Waals surface area contributed by atoms with Gasteiger partial charge in [-0.15, -0.1) is 0 Å². The van der Waals surface area contributed by atoms with Crippen molar-refractivity contribution in [2.24, 2.45) is 11.3 Å². The predicted molar refractivity (Wildman–Crippen MR) is 46.5 cm³/mol. The Balaban J connectivity index is 2.45. The molecule has 1 atom stereocenters. The lowest BCUT2D eigenvalue weighted by Crippen LogP contribution is -2.25. The first kappa shape index (κ1) is 8.54. The fourth-order valence-electron chi connectivity index (χ4n) is 1.26. The quantitative estimate of drug-likeness (QED) is 0.632. The molecule has 2 heteroatoms. The first-order chi connectivity index (χ1) is 4.67. The summed E-state index contributed by atoms with van der Waals surface area (Å²) in [5.41, 5.74) is 0.413. The summed E-state index contributed by atoms with van der Waals surface area (Å²) in [4.78, 5) is 0. The van der Waals surface area contributed by atoms with Crippen molar-refractivity contribution in [1.82, 2.24) is 0 Å².